The number of carboxylic acid groups (broad SMARTS) is 1. The summed E-state index contributed by atoms with van der Waals surface area (Å²) in [6.45, 7) is 4.66. The second-order valence-electron chi connectivity index (χ2n) is 9.52. The molecule has 0 aliphatic heterocycles. The summed E-state index contributed by atoms with van der Waals surface area (Å²) in [5, 5.41) is 26.3. The third kappa shape index (κ3) is 8.64. The normalized spacial score (nSPS) is 12.5. The minimum atomic E-state index is -1.02. The van der Waals surface area contributed by atoms with Gasteiger partial charge in [0.25, 0.3) is 0 Å². The standard InChI is InChI=1S/C28H36N6O4S/c1-3-4-7-16-34(28(38)24(14-15-25(35)36)29-27(37)19(2)18-39)17-20-10-12-21(13-11-20)22-8-5-6-9-23(22)26-30-32-33-31-26/h5-6,8-13,19,24,39H,3-4,7,14-18H2,1-2H3,(H,29,37)(H,35,36)(H,30,31,32,33). The van der Waals surface area contributed by atoms with Crippen LogP contribution in [0.2, 0.25) is 0 Å². The summed E-state index contributed by atoms with van der Waals surface area (Å²) in [5.41, 5.74) is 3.70. The Morgan fingerprint density at radius 2 is 1.79 bits per heavy atom. The zero-order chi connectivity index (χ0) is 28.2. The number of aliphatic carboxylic acids is 1. The van der Waals surface area contributed by atoms with E-state index in [1.165, 1.54) is 0 Å². The van der Waals surface area contributed by atoms with Gasteiger partial charge in [0, 0.05) is 36.7 Å². The third-order valence-corrected chi connectivity index (χ3v) is 7.03. The van der Waals surface area contributed by atoms with Crippen LogP contribution in [0.4, 0.5) is 0 Å². The summed E-state index contributed by atoms with van der Waals surface area (Å²) in [4.78, 5) is 39.2. The van der Waals surface area contributed by atoms with Crippen molar-refractivity contribution in [1.82, 2.24) is 30.8 Å². The van der Waals surface area contributed by atoms with Crippen LogP contribution < -0.4 is 5.32 Å². The Bertz CT molecular complexity index is 1220. The van der Waals surface area contributed by atoms with Gasteiger partial charge >= 0.3 is 5.97 Å². The lowest BCUT2D eigenvalue weighted by Gasteiger charge is -2.29. The fourth-order valence-electron chi connectivity index (χ4n) is 4.18. The predicted molar refractivity (Wildman–Crippen MR) is 152 cm³/mol. The number of unbranched alkanes of at least 4 members (excludes halogenated alkanes) is 2. The molecule has 0 saturated heterocycles. The second-order valence-corrected chi connectivity index (χ2v) is 9.89. The number of rotatable bonds is 15. The maximum Gasteiger partial charge on any atom is 0.303 e. The molecule has 0 radical (unpaired) electrons. The summed E-state index contributed by atoms with van der Waals surface area (Å²) in [6, 6.07) is 14.8. The average molecular weight is 553 g/mol. The Morgan fingerprint density at radius 1 is 1.08 bits per heavy atom. The van der Waals surface area contributed by atoms with E-state index in [0.717, 1.165) is 41.5 Å². The van der Waals surface area contributed by atoms with E-state index in [2.05, 4.69) is 45.5 Å². The molecule has 0 aliphatic carbocycles. The van der Waals surface area contributed by atoms with E-state index in [-0.39, 0.29) is 24.7 Å². The molecule has 2 aromatic carbocycles. The smallest absolute Gasteiger partial charge is 0.303 e. The van der Waals surface area contributed by atoms with E-state index in [4.69, 9.17) is 0 Å². The number of carbonyl (C=O) groups is 3. The third-order valence-electron chi connectivity index (χ3n) is 6.48. The zero-order valence-electron chi connectivity index (χ0n) is 22.3. The molecule has 10 nitrogen and oxygen atoms in total. The molecule has 1 heterocycles. The molecular formula is C28H36N6O4S. The van der Waals surface area contributed by atoms with Crippen molar-refractivity contribution in [2.45, 2.75) is 58.5 Å². The number of carbonyl (C=O) groups excluding carboxylic acids is 2. The Balaban J connectivity index is 1.82. The first kappa shape index (κ1) is 29.8. The van der Waals surface area contributed by atoms with Crippen LogP contribution >= 0.6 is 12.6 Å². The number of amides is 2. The minimum Gasteiger partial charge on any atom is -0.481 e. The Kier molecular flexibility index (Phi) is 11.5. The number of aromatic amines is 1. The highest BCUT2D eigenvalue weighted by atomic mass is 32.1. The summed E-state index contributed by atoms with van der Waals surface area (Å²) < 4.78 is 0. The molecule has 0 saturated carbocycles. The van der Waals surface area contributed by atoms with Crippen LogP contribution in [0.25, 0.3) is 22.5 Å². The van der Waals surface area contributed by atoms with Gasteiger partial charge in [-0.05, 0) is 34.7 Å². The summed E-state index contributed by atoms with van der Waals surface area (Å²) >= 11 is 4.17. The summed E-state index contributed by atoms with van der Waals surface area (Å²) in [6.07, 6.45) is 2.57. The number of hydrogen-bond donors (Lipinski definition) is 4. The Labute approximate surface area is 234 Å². The number of thiol groups is 1. The molecule has 1 aromatic heterocycles. The molecular weight excluding hydrogens is 516 g/mol. The number of H-pyrrole nitrogens is 1. The van der Waals surface area contributed by atoms with Crippen LogP contribution in [0, 0.1) is 5.92 Å². The van der Waals surface area contributed by atoms with Gasteiger partial charge in [-0.1, -0.05) is 75.2 Å². The average Bonchev–Trinajstić information content (AvgIpc) is 3.49. The van der Waals surface area contributed by atoms with Crippen LogP contribution in [0.1, 0.15) is 51.5 Å². The van der Waals surface area contributed by atoms with E-state index in [1.807, 2.05) is 48.5 Å². The number of carboxylic acids is 1. The van der Waals surface area contributed by atoms with Gasteiger partial charge in [-0.3, -0.25) is 14.4 Å². The number of nitrogens with one attached hydrogen (secondary N) is 2. The van der Waals surface area contributed by atoms with Crippen molar-refractivity contribution in [2.24, 2.45) is 5.92 Å². The van der Waals surface area contributed by atoms with Gasteiger partial charge in [-0.2, -0.15) is 17.8 Å². The fraction of sp³-hybridized carbons (Fsp3) is 0.429. The monoisotopic (exact) mass is 552 g/mol. The van der Waals surface area contributed by atoms with Crippen molar-refractivity contribution in [3.63, 3.8) is 0 Å². The van der Waals surface area contributed by atoms with Crippen LogP contribution in [-0.4, -0.2) is 66.8 Å². The molecule has 39 heavy (non-hydrogen) atoms. The highest BCUT2D eigenvalue weighted by molar-refractivity contribution is 7.80. The van der Waals surface area contributed by atoms with Crippen molar-refractivity contribution in [3.8, 4) is 22.5 Å². The lowest BCUT2D eigenvalue weighted by atomic mass is 9.98. The molecule has 0 bridgehead atoms. The Hall–Kier alpha value is -3.73. The van der Waals surface area contributed by atoms with E-state index in [0.29, 0.717) is 24.7 Å². The van der Waals surface area contributed by atoms with Gasteiger partial charge in [-0.25, -0.2) is 0 Å². The highest BCUT2D eigenvalue weighted by Gasteiger charge is 2.28. The van der Waals surface area contributed by atoms with Crippen molar-refractivity contribution in [2.75, 3.05) is 12.3 Å². The maximum absolute atomic E-state index is 13.6. The number of aromatic nitrogens is 4. The molecule has 2 amide bonds. The minimum absolute atomic E-state index is 0.0231. The topological polar surface area (TPSA) is 141 Å². The molecule has 3 rings (SSSR count). The summed E-state index contributed by atoms with van der Waals surface area (Å²) in [7, 11) is 0. The van der Waals surface area contributed by atoms with Crippen molar-refractivity contribution < 1.29 is 19.5 Å². The SMILES string of the molecule is CCCCCN(Cc1ccc(-c2ccccc2-c2nn[nH]n2)cc1)C(=O)C(CCC(=O)O)NC(=O)C(C)CS. The molecule has 0 fully saturated rings. The van der Waals surface area contributed by atoms with Crippen LogP contribution in [-0.2, 0) is 20.9 Å². The van der Waals surface area contributed by atoms with Crippen LogP contribution in [0.3, 0.4) is 0 Å². The number of benzene rings is 2. The Morgan fingerprint density at radius 3 is 2.41 bits per heavy atom. The number of hydrogen-bond acceptors (Lipinski definition) is 7. The molecule has 0 aliphatic rings. The van der Waals surface area contributed by atoms with Crippen LogP contribution in [0.15, 0.2) is 48.5 Å². The molecule has 11 heteroatoms. The quantitative estimate of drug-likeness (QED) is 0.165. The molecule has 0 spiro atoms. The lowest BCUT2D eigenvalue weighted by molar-refractivity contribution is -0.140. The van der Waals surface area contributed by atoms with Crippen molar-refractivity contribution >= 4 is 30.4 Å². The largest absolute Gasteiger partial charge is 0.481 e. The maximum atomic E-state index is 13.6. The van der Waals surface area contributed by atoms with Gasteiger partial charge in [0.05, 0.1) is 0 Å². The predicted octanol–water partition coefficient (Wildman–Crippen LogP) is 3.97. The van der Waals surface area contributed by atoms with E-state index >= 15 is 0 Å². The van der Waals surface area contributed by atoms with Gasteiger partial charge in [0.1, 0.15) is 6.04 Å². The first-order valence-corrected chi connectivity index (χ1v) is 13.8. The molecule has 3 N–H and O–H groups in total. The molecule has 2 unspecified atom stereocenters. The highest BCUT2D eigenvalue weighted by Crippen LogP contribution is 2.30. The molecule has 3 aromatic rings. The lowest BCUT2D eigenvalue weighted by Crippen LogP contribution is -2.50. The van der Waals surface area contributed by atoms with E-state index < -0.39 is 17.9 Å². The summed E-state index contributed by atoms with van der Waals surface area (Å²) in [5.74, 6) is -1.17. The molecule has 208 valence electrons. The number of nitrogens with zero attached hydrogens (tertiary/aromatic N) is 4. The second kappa shape index (κ2) is 15.0. The van der Waals surface area contributed by atoms with Crippen molar-refractivity contribution in [1.29, 1.82) is 0 Å². The van der Waals surface area contributed by atoms with E-state index in [1.54, 1.807) is 11.8 Å². The first-order valence-electron chi connectivity index (χ1n) is 13.2. The van der Waals surface area contributed by atoms with Gasteiger partial charge in [0.2, 0.25) is 17.6 Å². The zero-order valence-corrected chi connectivity index (χ0v) is 23.2. The van der Waals surface area contributed by atoms with Crippen LogP contribution in [0.5, 0.6) is 0 Å². The van der Waals surface area contributed by atoms with Gasteiger partial charge < -0.3 is 15.3 Å². The van der Waals surface area contributed by atoms with Gasteiger partial charge in [-0.15, -0.1) is 10.2 Å². The number of tetrazole rings is 1. The first-order chi connectivity index (χ1) is 18.8. The van der Waals surface area contributed by atoms with E-state index in [9.17, 15) is 19.5 Å². The fourth-order valence-corrected chi connectivity index (χ4v) is 4.34. The molecule has 2 atom stereocenters. The van der Waals surface area contributed by atoms with Crippen molar-refractivity contribution in [3.05, 3.63) is 54.1 Å². The van der Waals surface area contributed by atoms with Gasteiger partial charge in [0.15, 0.2) is 0 Å².